The van der Waals surface area contributed by atoms with Crippen LogP contribution in [0.15, 0.2) is 12.4 Å². The maximum absolute atomic E-state index is 4.39. The largest absolute Gasteiger partial charge is 0.355 e. The van der Waals surface area contributed by atoms with E-state index in [9.17, 15) is 0 Å². The summed E-state index contributed by atoms with van der Waals surface area (Å²) in [5.74, 6) is 2.65. The molecule has 0 aromatic carbocycles. The molecule has 1 aromatic heterocycles. The van der Waals surface area contributed by atoms with Crippen molar-refractivity contribution in [3.05, 3.63) is 12.4 Å². The molecule has 1 N–H and O–H groups in total. The third-order valence-corrected chi connectivity index (χ3v) is 3.64. The second-order valence-electron chi connectivity index (χ2n) is 5.66. The van der Waals surface area contributed by atoms with Gasteiger partial charge in [0.15, 0.2) is 0 Å². The van der Waals surface area contributed by atoms with Gasteiger partial charge in [-0.05, 0) is 18.3 Å². The summed E-state index contributed by atoms with van der Waals surface area (Å²) in [5, 5.41) is 3.42. The minimum absolute atomic E-state index is 0.662. The first-order chi connectivity index (χ1) is 8.25. The summed E-state index contributed by atoms with van der Waals surface area (Å²) < 4.78 is 2.26. The molecular formula is C14H25N3. The summed E-state index contributed by atoms with van der Waals surface area (Å²) in [6.45, 7) is 6.56. The van der Waals surface area contributed by atoms with E-state index in [0.29, 0.717) is 5.92 Å². The van der Waals surface area contributed by atoms with E-state index in [2.05, 4.69) is 34.9 Å². The molecular weight excluding hydrogens is 210 g/mol. The Balaban J connectivity index is 1.80. The number of aryl methyl sites for hydroxylation is 1. The number of aromatic nitrogens is 2. The highest BCUT2D eigenvalue weighted by Crippen LogP contribution is 2.28. The Morgan fingerprint density at radius 3 is 2.88 bits per heavy atom. The first-order valence-corrected chi connectivity index (χ1v) is 7.00. The van der Waals surface area contributed by atoms with Gasteiger partial charge in [-0.3, -0.25) is 0 Å². The topological polar surface area (TPSA) is 29.9 Å². The van der Waals surface area contributed by atoms with Crippen LogP contribution in [-0.4, -0.2) is 16.1 Å². The quantitative estimate of drug-likeness (QED) is 0.817. The highest BCUT2D eigenvalue weighted by molar-refractivity contribution is 5.25. The van der Waals surface area contributed by atoms with Crippen LogP contribution in [0.5, 0.6) is 0 Å². The van der Waals surface area contributed by atoms with Gasteiger partial charge in [-0.2, -0.15) is 0 Å². The van der Waals surface area contributed by atoms with E-state index in [1.807, 2.05) is 6.20 Å². The zero-order chi connectivity index (χ0) is 12.1. The molecule has 0 amide bonds. The maximum Gasteiger partial charge on any atom is 0.202 e. The van der Waals surface area contributed by atoms with Crippen LogP contribution in [-0.2, 0) is 6.54 Å². The van der Waals surface area contributed by atoms with Crippen LogP contribution in [0.3, 0.4) is 0 Å². The summed E-state index contributed by atoms with van der Waals surface area (Å²) in [7, 11) is 0. The van der Waals surface area contributed by atoms with Gasteiger partial charge >= 0.3 is 0 Å². The molecule has 0 radical (unpaired) electrons. The van der Waals surface area contributed by atoms with Crippen molar-refractivity contribution in [1.82, 2.24) is 9.55 Å². The molecule has 1 aliphatic carbocycles. The van der Waals surface area contributed by atoms with Crippen molar-refractivity contribution in [2.24, 2.45) is 11.8 Å². The molecule has 1 fully saturated rings. The highest BCUT2D eigenvalue weighted by Gasteiger charge is 2.15. The molecule has 17 heavy (non-hydrogen) atoms. The first-order valence-electron chi connectivity index (χ1n) is 7.00. The Morgan fingerprint density at radius 2 is 2.18 bits per heavy atom. The fraction of sp³-hybridized carbons (Fsp3) is 0.786. The van der Waals surface area contributed by atoms with Gasteiger partial charge in [-0.15, -0.1) is 0 Å². The highest BCUT2D eigenvalue weighted by atomic mass is 15.2. The fourth-order valence-electron chi connectivity index (χ4n) is 2.57. The maximum atomic E-state index is 4.39. The fourth-order valence-corrected chi connectivity index (χ4v) is 2.57. The van der Waals surface area contributed by atoms with Crippen molar-refractivity contribution in [3.63, 3.8) is 0 Å². The molecule has 0 bridgehead atoms. The van der Waals surface area contributed by atoms with Gasteiger partial charge in [0.05, 0.1) is 0 Å². The zero-order valence-electron chi connectivity index (χ0n) is 11.2. The second-order valence-corrected chi connectivity index (χ2v) is 5.66. The molecule has 0 aliphatic heterocycles. The second kappa shape index (κ2) is 6.08. The van der Waals surface area contributed by atoms with Crippen molar-refractivity contribution >= 4 is 5.95 Å². The molecule has 1 heterocycles. The number of nitrogens with zero attached hydrogens (tertiary/aromatic N) is 2. The van der Waals surface area contributed by atoms with Crippen molar-refractivity contribution in [2.75, 3.05) is 11.9 Å². The van der Waals surface area contributed by atoms with Crippen LogP contribution in [0.1, 0.15) is 46.0 Å². The summed E-state index contributed by atoms with van der Waals surface area (Å²) in [6, 6.07) is 0. The normalized spacial score (nSPS) is 16.9. The third-order valence-electron chi connectivity index (χ3n) is 3.64. The van der Waals surface area contributed by atoms with E-state index >= 15 is 0 Å². The lowest BCUT2D eigenvalue weighted by Gasteiger charge is -2.13. The first kappa shape index (κ1) is 12.5. The third kappa shape index (κ3) is 3.76. The SMILES string of the molecule is CC(C)CNc1nccn1CCC1CCCC1. The number of rotatable bonds is 6. The van der Waals surface area contributed by atoms with E-state index in [0.717, 1.165) is 25.0 Å². The minimum Gasteiger partial charge on any atom is -0.355 e. The Kier molecular flexibility index (Phi) is 4.46. The Hall–Kier alpha value is -0.990. The molecule has 0 saturated heterocycles. The molecule has 0 unspecified atom stereocenters. The smallest absolute Gasteiger partial charge is 0.202 e. The lowest BCUT2D eigenvalue weighted by molar-refractivity contribution is 0.459. The minimum atomic E-state index is 0.662. The predicted octanol–water partition coefficient (Wildman–Crippen LogP) is 3.53. The molecule has 1 saturated carbocycles. The van der Waals surface area contributed by atoms with Crippen LogP contribution in [0.2, 0.25) is 0 Å². The summed E-state index contributed by atoms with van der Waals surface area (Å²) >= 11 is 0. The summed E-state index contributed by atoms with van der Waals surface area (Å²) in [4.78, 5) is 4.39. The Labute approximate surface area is 105 Å². The van der Waals surface area contributed by atoms with Crippen LogP contribution in [0, 0.1) is 11.8 Å². The molecule has 96 valence electrons. The molecule has 1 aromatic rings. The van der Waals surface area contributed by atoms with E-state index in [-0.39, 0.29) is 0 Å². The molecule has 3 nitrogen and oxygen atoms in total. The van der Waals surface area contributed by atoms with Gasteiger partial charge in [0.1, 0.15) is 0 Å². The van der Waals surface area contributed by atoms with E-state index < -0.39 is 0 Å². The number of anilines is 1. The number of imidazole rings is 1. The average molecular weight is 235 g/mol. The van der Waals surface area contributed by atoms with E-state index in [4.69, 9.17) is 0 Å². The molecule has 2 rings (SSSR count). The number of hydrogen-bond acceptors (Lipinski definition) is 2. The van der Waals surface area contributed by atoms with Crippen molar-refractivity contribution in [2.45, 2.75) is 52.5 Å². The van der Waals surface area contributed by atoms with Crippen LogP contribution < -0.4 is 5.32 Å². The van der Waals surface area contributed by atoms with E-state index in [1.54, 1.807) is 0 Å². The summed E-state index contributed by atoms with van der Waals surface area (Å²) in [5.41, 5.74) is 0. The average Bonchev–Trinajstić information content (AvgIpc) is 2.95. The van der Waals surface area contributed by atoms with Crippen LogP contribution in [0.25, 0.3) is 0 Å². The van der Waals surface area contributed by atoms with Gasteiger partial charge in [-0.1, -0.05) is 39.5 Å². The molecule has 3 heteroatoms. The van der Waals surface area contributed by atoms with E-state index in [1.165, 1.54) is 32.1 Å². The van der Waals surface area contributed by atoms with Gasteiger partial charge < -0.3 is 9.88 Å². The lowest BCUT2D eigenvalue weighted by Crippen LogP contribution is -2.13. The van der Waals surface area contributed by atoms with Gasteiger partial charge in [0.2, 0.25) is 5.95 Å². The standard InChI is InChI=1S/C14H25N3/c1-12(2)11-16-14-15-8-10-17(14)9-7-13-5-3-4-6-13/h8,10,12-13H,3-7,9,11H2,1-2H3,(H,15,16). The Bertz CT molecular complexity index is 324. The lowest BCUT2D eigenvalue weighted by atomic mass is 10.0. The van der Waals surface area contributed by atoms with Gasteiger partial charge in [-0.25, -0.2) is 4.98 Å². The van der Waals surface area contributed by atoms with Crippen LogP contribution in [0.4, 0.5) is 5.95 Å². The zero-order valence-corrected chi connectivity index (χ0v) is 11.2. The predicted molar refractivity (Wildman–Crippen MR) is 72.1 cm³/mol. The van der Waals surface area contributed by atoms with Gasteiger partial charge in [0, 0.05) is 25.5 Å². The molecule has 1 aliphatic rings. The molecule has 0 spiro atoms. The number of nitrogens with one attached hydrogen (secondary N) is 1. The number of hydrogen-bond donors (Lipinski definition) is 1. The van der Waals surface area contributed by atoms with Crippen molar-refractivity contribution < 1.29 is 0 Å². The monoisotopic (exact) mass is 235 g/mol. The van der Waals surface area contributed by atoms with Crippen molar-refractivity contribution in [1.29, 1.82) is 0 Å². The van der Waals surface area contributed by atoms with Crippen molar-refractivity contribution in [3.8, 4) is 0 Å². The van der Waals surface area contributed by atoms with Crippen LogP contribution >= 0.6 is 0 Å². The Morgan fingerprint density at radius 1 is 1.41 bits per heavy atom. The molecule has 0 atom stereocenters. The summed E-state index contributed by atoms with van der Waals surface area (Å²) in [6.07, 6.45) is 11.1. The van der Waals surface area contributed by atoms with Gasteiger partial charge in [0.25, 0.3) is 0 Å².